The molecule has 2 unspecified atom stereocenters. The van der Waals surface area contributed by atoms with Gasteiger partial charge in [0.25, 0.3) is 0 Å². The van der Waals surface area contributed by atoms with Crippen LogP contribution in [0.1, 0.15) is 18.4 Å². The number of carbonyl (C=O) groups is 1. The van der Waals surface area contributed by atoms with Crippen LogP contribution in [-0.2, 0) is 16.1 Å². The molecule has 2 aliphatic rings. The summed E-state index contributed by atoms with van der Waals surface area (Å²) in [7, 11) is 0. The van der Waals surface area contributed by atoms with Crippen molar-refractivity contribution >= 4 is 5.97 Å². The Labute approximate surface area is 113 Å². The zero-order chi connectivity index (χ0) is 13.1. The van der Waals surface area contributed by atoms with E-state index in [0.29, 0.717) is 25.2 Å². The van der Waals surface area contributed by atoms with Crippen molar-refractivity contribution in [2.24, 2.45) is 0 Å². The molecule has 2 bridgehead atoms. The van der Waals surface area contributed by atoms with E-state index in [1.54, 1.807) is 0 Å². The second-order valence-corrected chi connectivity index (χ2v) is 5.48. The van der Waals surface area contributed by atoms with Crippen LogP contribution in [0, 0.1) is 0 Å². The molecule has 0 aromatic heterocycles. The number of ether oxygens (including phenoxy) is 1. The molecule has 2 aliphatic heterocycles. The van der Waals surface area contributed by atoms with Crippen LogP contribution in [0.25, 0.3) is 0 Å². The summed E-state index contributed by atoms with van der Waals surface area (Å²) in [6.45, 7) is 2.73. The third-order valence-electron chi connectivity index (χ3n) is 3.89. The lowest BCUT2D eigenvalue weighted by Crippen LogP contribution is -2.52. The zero-order valence-electron chi connectivity index (χ0n) is 11.0. The van der Waals surface area contributed by atoms with Crippen LogP contribution in [0.4, 0.5) is 0 Å². The highest BCUT2D eigenvalue weighted by Crippen LogP contribution is 2.19. The van der Waals surface area contributed by atoms with E-state index in [1.165, 1.54) is 12.8 Å². The fourth-order valence-electron chi connectivity index (χ4n) is 2.98. The minimum atomic E-state index is -0.120. The monoisotopic (exact) mass is 260 g/mol. The minimum Gasteiger partial charge on any atom is -0.460 e. The molecule has 2 heterocycles. The Morgan fingerprint density at radius 1 is 1.21 bits per heavy atom. The maximum atomic E-state index is 11.8. The summed E-state index contributed by atoms with van der Waals surface area (Å²) in [5.41, 5.74) is 1.04. The molecule has 102 valence electrons. The fourth-order valence-corrected chi connectivity index (χ4v) is 2.98. The number of rotatable bonds is 4. The predicted molar refractivity (Wildman–Crippen MR) is 72.6 cm³/mol. The molecule has 2 saturated heterocycles. The number of piperazine rings is 1. The summed E-state index contributed by atoms with van der Waals surface area (Å²) in [5.74, 6) is -0.120. The van der Waals surface area contributed by atoms with E-state index in [0.717, 1.165) is 18.7 Å². The Bertz CT molecular complexity index is 423. The van der Waals surface area contributed by atoms with Crippen LogP contribution in [0.3, 0.4) is 0 Å². The molecule has 4 heteroatoms. The molecular formula is C15H20N2O2. The third-order valence-corrected chi connectivity index (χ3v) is 3.89. The van der Waals surface area contributed by atoms with Crippen LogP contribution < -0.4 is 5.32 Å². The number of nitrogens with zero attached hydrogens (tertiary/aromatic N) is 1. The number of hydrogen-bond acceptors (Lipinski definition) is 4. The van der Waals surface area contributed by atoms with Gasteiger partial charge in [-0.25, -0.2) is 0 Å². The number of esters is 1. The largest absolute Gasteiger partial charge is 0.460 e. The van der Waals surface area contributed by atoms with Crippen molar-refractivity contribution in [1.82, 2.24) is 10.2 Å². The summed E-state index contributed by atoms with van der Waals surface area (Å²) in [6.07, 6.45) is 2.47. The van der Waals surface area contributed by atoms with Gasteiger partial charge in [0, 0.05) is 25.2 Å². The third kappa shape index (κ3) is 3.33. The van der Waals surface area contributed by atoms with Crippen molar-refractivity contribution in [2.75, 3.05) is 19.6 Å². The molecule has 0 spiro atoms. The quantitative estimate of drug-likeness (QED) is 0.825. The number of hydrogen-bond donors (Lipinski definition) is 1. The molecule has 2 fully saturated rings. The van der Waals surface area contributed by atoms with Gasteiger partial charge in [-0.05, 0) is 18.4 Å². The summed E-state index contributed by atoms with van der Waals surface area (Å²) in [4.78, 5) is 14.0. The molecule has 0 aliphatic carbocycles. The second-order valence-electron chi connectivity index (χ2n) is 5.48. The van der Waals surface area contributed by atoms with Gasteiger partial charge in [-0.1, -0.05) is 30.3 Å². The molecule has 4 nitrogen and oxygen atoms in total. The van der Waals surface area contributed by atoms with Gasteiger partial charge in [0.05, 0.1) is 6.54 Å². The SMILES string of the molecule is O=C(CN1CC2CCC(C1)N2)OCc1ccccc1. The Balaban J connectivity index is 1.44. The van der Waals surface area contributed by atoms with Crippen LogP contribution in [0.15, 0.2) is 30.3 Å². The molecule has 1 N–H and O–H groups in total. The molecular weight excluding hydrogens is 240 g/mol. The van der Waals surface area contributed by atoms with Crippen LogP contribution in [0.5, 0.6) is 0 Å². The van der Waals surface area contributed by atoms with Gasteiger partial charge in [-0.15, -0.1) is 0 Å². The van der Waals surface area contributed by atoms with Crippen LogP contribution >= 0.6 is 0 Å². The summed E-state index contributed by atoms with van der Waals surface area (Å²) >= 11 is 0. The predicted octanol–water partition coefficient (Wildman–Crippen LogP) is 1.17. The molecule has 19 heavy (non-hydrogen) atoms. The Morgan fingerprint density at radius 3 is 2.58 bits per heavy atom. The Hall–Kier alpha value is -1.39. The maximum Gasteiger partial charge on any atom is 0.320 e. The molecule has 1 aromatic carbocycles. The van der Waals surface area contributed by atoms with E-state index < -0.39 is 0 Å². The Kier molecular flexibility index (Phi) is 3.80. The van der Waals surface area contributed by atoms with Gasteiger partial charge in [0.2, 0.25) is 0 Å². The highest BCUT2D eigenvalue weighted by Gasteiger charge is 2.32. The average Bonchev–Trinajstić information content (AvgIpc) is 2.77. The van der Waals surface area contributed by atoms with E-state index in [9.17, 15) is 4.79 Å². The molecule has 0 amide bonds. The van der Waals surface area contributed by atoms with Gasteiger partial charge >= 0.3 is 5.97 Å². The summed E-state index contributed by atoms with van der Waals surface area (Å²) in [6, 6.07) is 11.0. The number of fused-ring (bicyclic) bond motifs is 2. The van der Waals surface area contributed by atoms with E-state index >= 15 is 0 Å². The molecule has 1 aromatic rings. The van der Waals surface area contributed by atoms with Crippen LogP contribution in [-0.4, -0.2) is 42.6 Å². The zero-order valence-corrected chi connectivity index (χ0v) is 11.0. The van der Waals surface area contributed by atoms with Gasteiger partial charge in [-0.2, -0.15) is 0 Å². The van der Waals surface area contributed by atoms with Gasteiger partial charge < -0.3 is 10.1 Å². The van der Waals surface area contributed by atoms with E-state index in [2.05, 4.69) is 10.2 Å². The number of likely N-dealkylation sites (tertiary alicyclic amines) is 1. The molecule has 3 rings (SSSR count). The van der Waals surface area contributed by atoms with Crippen molar-refractivity contribution in [3.63, 3.8) is 0 Å². The number of benzene rings is 1. The minimum absolute atomic E-state index is 0.120. The highest BCUT2D eigenvalue weighted by atomic mass is 16.5. The Morgan fingerprint density at radius 2 is 1.89 bits per heavy atom. The first-order valence-corrected chi connectivity index (χ1v) is 6.97. The standard InChI is InChI=1S/C15H20N2O2/c18-15(19-11-12-4-2-1-3-5-12)10-17-8-13-6-7-14(9-17)16-13/h1-5,13-14,16H,6-11H2. The highest BCUT2D eigenvalue weighted by molar-refractivity contribution is 5.71. The first kappa shape index (κ1) is 12.6. The smallest absolute Gasteiger partial charge is 0.320 e. The summed E-state index contributed by atoms with van der Waals surface area (Å²) < 4.78 is 5.32. The molecule has 0 saturated carbocycles. The van der Waals surface area contributed by atoms with E-state index in [1.807, 2.05) is 30.3 Å². The van der Waals surface area contributed by atoms with Gasteiger partial charge in [0.15, 0.2) is 0 Å². The maximum absolute atomic E-state index is 11.8. The lowest BCUT2D eigenvalue weighted by molar-refractivity contribution is -0.146. The van der Waals surface area contributed by atoms with Crippen molar-refractivity contribution in [1.29, 1.82) is 0 Å². The van der Waals surface area contributed by atoms with E-state index in [-0.39, 0.29) is 5.97 Å². The molecule has 0 radical (unpaired) electrons. The second kappa shape index (κ2) is 5.72. The van der Waals surface area contributed by atoms with Gasteiger partial charge in [-0.3, -0.25) is 9.69 Å². The number of nitrogens with one attached hydrogen (secondary N) is 1. The van der Waals surface area contributed by atoms with E-state index in [4.69, 9.17) is 4.74 Å². The summed E-state index contributed by atoms with van der Waals surface area (Å²) in [5, 5.41) is 3.56. The van der Waals surface area contributed by atoms with Crippen molar-refractivity contribution in [2.45, 2.75) is 31.5 Å². The van der Waals surface area contributed by atoms with Crippen LogP contribution in [0.2, 0.25) is 0 Å². The van der Waals surface area contributed by atoms with Crippen molar-refractivity contribution in [3.05, 3.63) is 35.9 Å². The average molecular weight is 260 g/mol. The van der Waals surface area contributed by atoms with Gasteiger partial charge in [0.1, 0.15) is 6.61 Å². The van der Waals surface area contributed by atoms with Crippen molar-refractivity contribution < 1.29 is 9.53 Å². The fraction of sp³-hybridized carbons (Fsp3) is 0.533. The topological polar surface area (TPSA) is 41.6 Å². The number of carbonyl (C=O) groups excluding carboxylic acids is 1. The first-order valence-electron chi connectivity index (χ1n) is 6.97. The lowest BCUT2D eigenvalue weighted by Gasteiger charge is -2.31. The normalized spacial score (nSPS) is 26.3. The molecule has 2 atom stereocenters. The first-order chi connectivity index (χ1) is 9.29. The van der Waals surface area contributed by atoms with Crippen molar-refractivity contribution in [3.8, 4) is 0 Å². The lowest BCUT2D eigenvalue weighted by atomic mass is 10.2.